The molecule has 0 radical (unpaired) electrons. The van der Waals surface area contributed by atoms with Gasteiger partial charge in [0.1, 0.15) is 23.6 Å². The number of nitriles is 2. The lowest BCUT2D eigenvalue weighted by atomic mass is 9.96. The normalized spacial score (nSPS) is 17.2. The number of anilines is 1. The zero-order valence-electron chi connectivity index (χ0n) is 23.4. The summed E-state index contributed by atoms with van der Waals surface area (Å²) < 4.78 is 11.3. The van der Waals surface area contributed by atoms with Gasteiger partial charge in [0, 0.05) is 54.8 Å². The van der Waals surface area contributed by atoms with Crippen LogP contribution in [0.1, 0.15) is 41.4 Å². The maximum Gasteiger partial charge on any atom is 0.128 e. The molecule has 1 heterocycles. The van der Waals surface area contributed by atoms with E-state index in [1.165, 1.54) is 0 Å². The van der Waals surface area contributed by atoms with Crippen molar-refractivity contribution in [3.05, 3.63) is 89.5 Å². The number of ether oxygens (including phenoxy) is 2. The zero-order chi connectivity index (χ0) is 29.2. The minimum absolute atomic E-state index is 0.364. The molecule has 1 fully saturated rings. The molecule has 1 saturated heterocycles. The first-order valence-electron chi connectivity index (χ1n) is 13.6. The Balaban J connectivity index is 1.83. The molecule has 0 spiro atoms. The number of alkyl halides is 2. The van der Waals surface area contributed by atoms with Crippen LogP contribution in [0.2, 0.25) is 0 Å². The van der Waals surface area contributed by atoms with Gasteiger partial charge in [-0.15, -0.1) is 23.2 Å². The molecule has 3 aromatic carbocycles. The summed E-state index contributed by atoms with van der Waals surface area (Å²) in [6.07, 6.45) is 0.422. The number of para-hydroxylation sites is 2. The largest absolute Gasteiger partial charge is 0.496 e. The Bertz CT molecular complexity index is 1280. The van der Waals surface area contributed by atoms with Crippen LogP contribution in [0, 0.1) is 22.7 Å². The van der Waals surface area contributed by atoms with Crippen LogP contribution in [0.5, 0.6) is 11.5 Å². The van der Waals surface area contributed by atoms with Crippen molar-refractivity contribution in [2.45, 2.75) is 24.7 Å². The van der Waals surface area contributed by atoms with Gasteiger partial charge in [0.15, 0.2) is 0 Å². The van der Waals surface area contributed by atoms with Gasteiger partial charge in [-0.25, -0.2) is 0 Å². The van der Waals surface area contributed by atoms with E-state index < -0.39 is 12.1 Å². The van der Waals surface area contributed by atoms with E-state index in [1.54, 1.807) is 14.2 Å². The molecule has 0 amide bonds. The summed E-state index contributed by atoms with van der Waals surface area (Å²) in [6.45, 7) is 2.72. The molecule has 0 N–H and O–H groups in total. The Morgan fingerprint density at radius 2 is 1.24 bits per heavy atom. The molecule has 0 aromatic heterocycles. The van der Waals surface area contributed by atoms with Gasteiger partial charge in [0.2, 0.25) is 0 Å². The molecule has 7 nitrogen and oxygen atoms in total. The van der Waals surface area contributed by atoms with Gasteiger partial charge in [-0.2, -0.15) is 10.5 Å². The number of methoxy groups -OCH3 is 2. The highest BCUT2D eigenvalue weighted by Crippen LogP contribution is 2.43. The summed E-state index contributed by atoms with van der Waals surface area (Å²) in [5, 5.41) is 21.1. The average molecular weight is 593 g/mol. The van der Waals surface area contributed by atoms with Gasteiger partial charge in [0.25, 0.3) is 0 Å². The first kappa shape index (κ1) is 30.5. The number of hydrogen-bond acceptors (Lipinski definition) is 7. The van der Waals surface area contributed by atoms with Crippen molar-refractivity contribution >= 4 is 28.9 Å². The molecule has 9 heteroatoms. The Morgan fingerprint density at radius 1 is 0.780 bits per heavy atom. The number of halogens is 2. The van der Waals surface area contributed by atoms with Gasteiger partial charge >= 0.3 is 0 Å². The van der Waals surface area contributed by atoms with Crippen LogP contribution < -0.4 is 14.4 Å². The fraction of sp³-hybridized carbons (Fsp3) is 0.375. The molecule has 2 atom stereocenters. The zero-order valence-corrected chi connectivity index (χ0v) is 24.9. The van der Waals surface area contributed by atoms with Crippen LogP contribution in [-0.4, -0.2) is 62.0 Å². The van der Waals surface area contributed by atoms with Crippen molar-refractivity contribution < 1.29 is 9.47 Å². The Labute approximate surface area is 253 Å². The van der Waals surface area contributed by atoms with Crippen LogP contribution in [0.25, 0.3) is 0 Å². The predicted octanol–water partition coefficient (Wildman–Crippen LogP) is 6.52. The van der Waals surface area contributed by atoms with E-state index in [2.05, 4.69) is 51.1 Å². The quantitative estimate of drug-likeness (QED) is 0.222. The van der Waals surface area contributed by atoms with Crippen LogP contribution >= 0.6 is 23.2 Å². The maximum absolute atomic E-state index is 10.6. The van der Waals surface area contributed by atoms with Gasteiger partial charge in [-0.1, -0.05) is 48.5 Å². The number of benzene rings is 3. The summed E-state index contributed by atoms with van der Waals surface area (Å²) in [6, 6.07) is 27.4. The predicted molar refractivity (Wildman–Crippen MR) is 164 cm³/mol. The molecule has 0 aliphatic carbocycles. The summed E-state index contributed by atoms with van der Waals surface area (Å²) in [4.78, 5) is 6.50. The van der Waals surface area contributed by atoms with E-state index in [0.717, 1.165) is 28.8 Å². The maximum atomic E-state index is 10.6. The number of rotatable bonds is 12. The lowest BCUT2D eigenvalue weighted by molar-refractivity contribution is -0.0293. The molecule has 1 aliphatic rings. The smallest absolute Gasteiger partial charge is 0.128 e. The second-order valence-electron chi connectivity index (χ2n) is 9.71. The average Bonchev–Trinajstić information content (AvgIpc) is 3.02. The van der Waals surface area contributed by atoms with E-state index >= 15 is 0 Å². The van der Waals surface area contributed by atoms with Crippen molar-refractivity contribution in [1.82, 2.24) is 9.80 Å². The van der Waals surface area contributed by atoms with Crippen molar-refractivity contribution in [2.24, 2.45) is 0 Å². The van der Waals surface area contributed by atoms with Crippen LogP contribution in [0.4, 0.5) is 5.69 Å². The van der Waals surface area contributed by atoms with E-state index in [-0.39, 0.29) is 6.17 Å². The lowest BCUT2D eigenvalue weighted by Crippen LogP contribution is -2.50. The molecular weight excluding hydrogens is 557 g/mol. The third-order valence-electron chi connectivity index (χ3n) is 7.50. The van der Waals surface area contributed by atoms with Crippen LogP contribution in [-0.2, 0) is 0 Å². The third-order valence-corrected chi connectivity index (χ3v) is 7.84. The minimum Gasteiger partial charge on any atom is -0.496 e. The molecule has 0 bridgehead atoms. The van der Waals surface area contributed by atoms with E-state index in [0.29, 0.717) is 49.4 Å². The Hall–Kier alpha value is -3.46. The van der Waals surface area contributed by atoms with Gasteiger partial charge in [-0.05, 0) is 36.2 Å². The van der Waals surface area contributed by atoms with E-state index in [9.17, 15) is 10.5 Å². The monoisotopic (exact) mass is 591 g/mol. The van der Waals surface area contributed by atoms with E-state index in [1.807, 2.05) is 48.5 Å². The minimum atomic E-state index is -0.598. The molecule has 4 rings (SSSR count). The highest BCUT2D eigenvalue weighted by Gasteiger charge is 2.41. The lowest BCUT2D eigenvalue weighted by Gasteiger charge is -2.47. The highest BCUT2D eigenvalue weighted by atomic mass is 35.5. The fourth-order valence-corrected chi connectivity index (χ4v) is 6.06. The first-order valence-corrected chi connectivity index (χ1v) is 14.7. The van der Waals surface area contributed by atoms with Crippen molar-refractivity contribution in [3.63, 3.8) is 0 Å². The van der Waals surface area contributed by atoms with E-state index in [4.69, 9.17) is 32.7 Å². The SMILES string of the molecule is COc1ccccc1C(C#N)N1CCCN(C(C#N)c2ccccc2OC)C1c1ccc(N(CCCl)CCCl)cc1. The van der Waals surface area contributed by atoms with Gasteiger partial charge in [0.05, 0.1) is 32.5 Å². The molecular formula is C32H35Cl2N5O2. The fourth-order valence-electron chi connectivity index (χ4n) is 5.66. The first-order chi connectivity index (χ1) is 20.1. The van der Waals surface area contributed by atoms with Crippen molar-refractivity contribution in [3.8, 4) is 23.6 Å². The summed E-state index contributed by atoms with van der Waals surface area (Å²) in [5.74, 6) is 2.30. The van der Waals surface area contributed by atoms with Crippen LogP contribution in [0.3, 0.4) is 0 Å². The van der Waals surface area contributed by atoms with Crippen molar-refractivity contribution in [2.75, 3.05) is 57.1 Å². The third kappa shape index (κ3) is 6.72. The second-order valence-corrected chi connectivity index (χ2v) is 10.5. The molecule has 0 saturated carbocycles. The van der Waals surface area contributed by atoms with Crippen molar-refractivity contribution in [1.29, 1.82) is 10.5 Å². The standard InChI is InChI=1S/C32H35Cl2N5O2/c1-40-30-10-5-3-8-26(30)28(22-35)38-18-7-19-39(29(23-36)27-9-4-6-11-31(27)41-2)32(38)24-12-14-25(15-13-24)37(20-16-33)21-17-34/h3-6,8-15,28-29,32H,7,16-21H2,1-2H3. The number of hydrogen-bond donors (Lipinski definition) is 0. The summed E-state index contributed by atoms with van der Waals surface area (Å²) in [5.41, 5.74) is 3.59. The van der Waals surface area contributed by atoms with Gasteiger partial charge < -0.3 is 14.4 Å². The van der Waals surface area contributed by atoms with Crippen LogP contribution in [0.15, 0.2) is 72.8 Å². The Morgan fingerprint density at radius 3 is 1.66 bits per heavy atom. The molecule has 214 valence electrons. The number of nitrogens with zero attached hydrogens (tertiary/aromatic N) is 5. The summed E-state index contributed by atoms with van der Waals surface area (Å²) in [7, 11) is 3.24. The molecule has 3 aromatic rings. The topological polar surface area (TPSA) is 75.8 Å². The van der Waals surface area contributed by atoms with Gasteiger partial charge in [-0.3, -0.25) is 9.80 Å². The molecule has 41 heavy (non-hydrogen) atoms. The highest BCUT2D eigenvalue weighted by molar-refractivity contribution is 6.18. The molecule has 1 aliphatic heterocycles. The Kier molecular flexibility index (Phi) is 11.1. The summed E-state index contributed by atoms with van der Waals surface area (Å²) >= 11 is 12.1. The molecule has 2 unspecified atom stereocenters. The second kappa shape index (κ2) is 15.0.